The summed E-state index contributed by atoms with van der Waals surface area (Å²) in [6.45, 7) is 12.9. The van der Waals surface area contributed by atoms with Gasteiger partial charge in [0.25, 0.3) is 5.91 Å². The molecule has 2 aliphatic carbocycles. The molecule has 7 rings (SSSR count). The molecule has 0 aromatic heterocycles. The third-order valence-corrected chi connectivity index (χ3v) is 15.3. The SMILES string of the molecule is CO[C@]1(CN2C[C@@H]3CC3[C@H]2CNC(C)C)/C=C/C[C@H](C)[C@@H](C)S(=O)(=O)NC(=O)c2ccc3c(c2)N(CCCCc2cc(Cl)ccc2CO3)C[C@@H]2CC[C@H]21. The lowest BCUT2D eigenvalue weighted by Crippen LogP contribution is -2.58. The number of anilines is 1. The number of rotatable bonds is 6. The molecular formula is C42H59ClN4O5S. The maximum atomic E-state index is 13.6. The zero-order valence-corrected chi connectivity index (χ0v) is 33.7. The zero-order chi connectivity index (χ0) is 37.5. The molecule has 5 aliphatic rings. The van der Waals surface area contributed by atoms with Gasteiger partial charge in [-0.15, -0.1) is 0 Å². The van der Waals surface area contributed by atoms with Crippen LogP contribution < -0.4 is 19.7 Å². The summed E-state index contributed by atoms with van der Waals surface area (Å²) in [5.41, 5.74) is 2.90. The number of methoxy groups -OCH3 is 1. The number of carbonyl (C=O) groups is 1. The first-order valence-electron chi connectivity index (χ1n) is 19.9. The number of benzene rings is 2. The molecule has 3 aliphatic heterocycles. The molecule has 8 atom stereocenters. The molecule has 2 saturated carbocycles. The normalized spacial score (nSPS) is 33.7. The van der Waals surface area contributed by atoms with E-state index in [0.717, 1.165) is 92.9 Å². The molecule has 1 saturated heterocycles. The largest absolute Gasteiger partial charge is 0.487 e. The topological polar surface area (TPSA) is 100 Å². The second kappa shape index (κ2) is 15.8. The second-order valence-corrected chi connectivity index (χ2v) is 19.4. The van der Waals surface area contributed by atoms with Gasteiger partial charge in [0.05, 0.1) is 10.9 Å². The summed E-state index contributed by atoms with van der Waals surface area (Å²) in [6, 6.07) is 12.3. The van der Waals surface area contributed by atoms with E-state index in [4.69, 9.17) is 21.1 Å². The number of allylic oxidation sites excluding steroid dienone is 1. The van der Waals surface area contributed by atoms with E-state index in [-0.39, 0.29) is 11.8 Å². The first-order chi connectivity index (χ1) is 25.4. The van der Waals surface area contributed by atoms with Gasteiger partial charge in [0.1, 0.15) is 18.0 Å². The van der Waals surface area contributed by atoms with Crippen molar-refractivity contribution in [3.8, 4) is 5.75 Å². The lowest BCUT2D eigenvalue weighted by molar-refractivity contribution is -0.0946. The number of amides is 1. The van der Waals surface area contributed by atoms with E-state index in [9.17, 15) is 13.2 Å². The highest BCUT2D eigenvalue weighted by Crippen LogP contribution is 2.52. The number of hydrogen-bond donors (Lipinski definition) is 2. The number of nitrogens with one attached hydrogen (secondary N) is 2. The lowest BCUT2D eigenvalue weighted by atomic mass is 9.63. The van der Waals surface area contributed by atoms with Crippen LogP contribution in [0.2, 0.25) is 5.02 Å². The Morgan fingerprint density at radius 2 is 1.91 bits per heavy atom. The number of hydrogen-bond acceptors (Lipinski definition) is 8. The quantitative estimate of drug-likeness (QED) is 0.309. The van der Waals surface area contributed by atoms with Crippen LogP contribution in [0.4, 0.5) is 5.69 Å². The molecule has 3 heterocycles. The monoisotopic (exact) mass is 766 g/mol. The minimum Gasteiger partial charge on any atom is -0.487 e. The van der Waals surface area contributed by atoms with Crippen molar-refractivity contribution >= 4 is 33.2 Å². The Morgan fingerprint density at radius 1 is 1.08 bits per heavy atom. The van der Waals surface area contributed by atoms with Gasteiger partial charge >= 0.3 is 0 Å². The maximum Gasteiger partial charge on any atom is 0.264 e. The number of carbonyl (C=O) groups excluding carboxylic acids is 1. The zero-order valence-electron chi connectivity index (χ0n) is 32.2. The molecule has 9 nitrogen and oxygen atoms in total. The van der Waals surface area contributed by atoms with Crippen molar-refractivity contribution in [2.75, 3.05) is 44.7 Å². The Balaban J connectivity index is 1.26. The molecule has 11 heteroatoms. The summed E-state index contributed by atoms with van der Waals surface area (Å²) < 4.78 is 43.0. The highest BCUT2D eigenvalue weighted by Gasteiger charge is 2.55. The van der Waals surface area contributed by atoms with Crippen molar-refractivity contribution in [3.63, 3.8) is 0 Å². The predicted octanol–water partition coefficient (Wildman–Crippen LogP) is 6.84. The Hall–Kier alpha value is -2.63. The van der Waals surface area contributed by atoms with Crippen molar-refractivity contribution in [2.24, 2.45) is 29.6 Å². The van der Waals surface area contributed by atoms with Crippen molar-refractivity contribution in [2.45, 2.75) is 102 Å². The van der Waals surface area contributed by atoms with Crippen LogP contribution in [0.25, 0.3) is 0 Å². The molecule has 2 bridgehead atoms. The van der Waals surface area contributed by atoms with Gasteiger partial charge in [0.2, 0.25) is 10.0 Å². The minimum absolute atomic E-state index is 0.215. The van der Waals surface area contributed by atoms with Crippen molar-refractivity contribution in [3.05, 3.63) is 70.3 Å². The lowest BCUT2D eigenvalue weighted by Gasteiger charge is -2.51. The number of likely N-dealkylation sites (tertiary alicyclic amines) is 1. The van der Waals surface area contributed by atoms with E-state index in [1.165, 1.54) is 12.0 Å². The fourth-order valence-electron chi connectivity index (χ4n) is 9.43. The Morgan fingerprint density at radius 3 is 2.66 bits per heavy atom. The molecule has 3 fully saturated rings. The van der Waals surface area contributed by atoms with E-state index in [0.29, 0.717) is 42.3 Å². The molecular weight excluding hydrogens is 708 g/mol. The van der Waals surface area contributed by atoms with Crippen LogP contribution in [0, 0.1) is 29.6 Å². The molecule has 0 spiro atoms. The minimum atomic E-state index is -3.95. The van der Waals surface area contributed by atoms with Crippen LogP contribution in [0.1, 0.15) is 87.7 Å². The molecule has 1 amide bonds. The van der Waals surface area contributed by atoms with Gasteiger partial charge in [-0.05, 0) is 123 Å². The number of fused-ring (bicyclic) bond motifs is 4. The van der Waals surface area contributed by atoms with E-state index >= 15 is 0 Å². The third kappa shape index (κ3) is 8.32. The summed E-state index contributed by atoms with van der Waals surface area (Å²) >= 11 is 6.42. The second-order valence-electron chi connectivity index (χ2n) is 16.9. The van der Waals surface area contributed by atoms with Crippen LogP contribution in [0.3, 0.4) is 0 Å². The van der Waals surface area contributed by atoms with Gasteiger partial charge in [-0.3, -0.25) is 9.69 Å². The summed E-state index contributed by atoms with van der Waals surface area (Å²) in [5, 5.41) is 3.67. The number of aryl methyl sites for hydroxylation is 1. The van der Waals surface area contributed by atoms with Gasteiger partial charge in [-0.2, -0.15) is 0 Å². The maximum absolute atomic E-state index is 13.6. The van der Waals surface area contributed by atoms with Crippen LogP contribution in [0.15, 0.2) is 48.6 Å². The first-order valence-corrected chi connectivity index (χ1v) is 21.8. The highest BCUT2D eigenvalue weighted by molar-refractivity contribution is 7.90. The number of nitrogens with zero attached hydrogens (tertiary/aromatic N) is 2. The fraction of sp³-hybridized carbons (Fsp3) is 0.643. The molecule has 290 valence electrons. The van der Waals surface area contributed by atoms with E-state index in [1.54, 1.807) is 13.0 Å². The van der Waals surface area contributed by atoms with Crippen LogP contribution in [0.5, 0.6) is 5.75 Å². The average molecular weight is 767 g/mol. The molecule has 2 aromatic carbocycles. The molecule has 53 heavy (non-hydrogen) atoms. The Labute approximate surface area is 322 Å². The predicted molar refractivity (Wildman–Crippen MR) is 212 cm³/mol. The van der Waals surface area contributed by atoms with Crippen LogP contribution >= 0.6 is 11.6 Å². The number of piperidine rings is 1. The van der Waals surface area contributed by atoms with Crippen molar-refractivity contribution < 1.29 is 22.7 Å². The molecule has 1 unspecified atom stereocenters. The van der Waals surface area contributed by atoms with Crippen LogP contribution in [-0.2, 0) is 27.8 Å². The van der Waals surface area contributed by atoms with Gasteiger partial charge in [0, 0.05) is 62.5 Å². The van der Waals surface area contributed by atoms with Crippen molar-refractivity contribution in [1.82, 2.24) is 14.9 Å². The fourth-order valence-corrected chi connectivity index (χ4v) is 10.9. The summed E-state index contributed by atoms with van der Waals surface area (Å²) in [4.78, 5) is 18.7. The van der Waals surface area contributed by atoms with E-state index in [1.807, 2.05) is 44.4 Å². The number of halogens is 1. The third-order valence-electron chi connectivity index (χ3n) is 13.1. The number of sulfonamides is 1. The highest BCUT2D eigenvalue weighted by atomic mass is 35.5. The van der Waals surface area contributed by atoms with Crippen molar-refractivity contribution in [1.29, 1.82) is 0 Å². The summed E-state index contributed by atoms with van der Waals surface area (Å²) in [5.74, 6) is 2.00. The molecule has 2 aromatic rings. The van der Waals surface area contributed by atoms with Gasteiger partial charge in [-0.1, -0.05) is 50.6 Å². The van der Waals surface area contributed by atoms with E-state index in [2.05, 4.69) is 45.8 Å². The van der Waals surface area contributed by atoms with Crippen LogP contribution in [-0.4, -0.2) is 82.0 Å². The average Bonchev–Trinajstić information content (AvgIpc) is 3.79. The van der Waals surface area contributed by atoms with E-state index < -0.39 is 26.8 Å². The number of ether oxygens (including phenoxy) is 2. The van der Waals surface area contributed by atoms with Gasteiger partial charge in [0.15, 0.2) is 0 Å². The Kier molecular flexibility index (Phi) is 11.6. The standard InChI is InChI=1S/C42H59ClN4O5S/c1-27(2)44-22-39-36-20-34(36)24-47(39)26-42(51-5)17-8-9-28(3)29(4)53(49,50)45-41(48)31-13-16-40-38(21-31)46(23-32-12-15-37(32)42)18-7-6-10-30-19-35(43)14-11-33(30)25-52-40/h8,11,13-14,16-17,19,21,27-29,32,34,36-37,39,44H,6-7,9-10,12,15,18,20,22-26H2,1-5H3,(H,45,48)/b17-8+/t28-,29+,32-,34-,36?,37+,39+,42-/m0/s1. The van der Waals surface area contributed by atoms with Gasteiger partial charge < -0.3 is 19.7 Å². The first kappa shape index (κ1) is 38.6. The molecule has 0 radical (unpaired) electrons. The molecule has 2 N–H and O–H groups in total. The summed E-state index contributed by atoms with van der Waals surface area (Å²) in [6.07, 6.45) is 11.3. The Bertz CT molecular complexity index is 1790. The summed E-state index contributed by atoms with van der Waals surface area (Å²) in [7, 11) is -2.08. The smallest absolute Gasteiger partial charge is 0.264 e. The van der Waals surface area contributed by atoms with Gasteiger partial charge in [-0.25, -0.2) is 13.1 Å².